The van der Waals surface area contributed by atoms with E-state index in [1.807, 2.05) is 6.08 Å². The first-order valence-corrected chi connectivity index (χ1v) is 3.42. The van der Waals surface area contributed by atoms with Crippen molar-refractivity contribution in [3.63, 3.8) is 0 Å². The molecule has 1 amide bonds. The number of carbonyl (C=O) groups is 1. The summed E-state index contributed by atoms with van der Waals surface area (Å²) in [4.78, 5) is 10.9. The normalized spacial score (nSPS) is 21.2. The molecule has 10 heavy (non-hydrogen) atoms. The van der Waals surface area contributed by atoms with Crippen LogP contribution in [0.5, 0.6) is 0 Å². The predicted octanol–water partition coefficient (Wildman–Crippen LogP) is 1.01. The van der Waals surface area contributed by atoms with Crippen LogP contribution in [0.4, 0.5) is 0 Å². The third-order valence-electron chi connectivity index (χ3n) is 1.50. The first-order valence-electron chi connectivity index (χ1n) is 3.42. The average molecular weight is 137 g/mol. The number of hydrogen-bond donors (Lipinski definition) is 1. The van der Waals surface area contributed by atoms with Gasteiger partial charge in [0.25, 0.3) is 0 Å². The van der Waals surface area contributed by atoms with Crippen molar-refractivity contribution in [2.75, 3.05) is 6.54 Å². The van der Waals surface area contributed by atoms with Crippen molar-refractivity contribution < 1.29 is 4.79 Å². The molecule has 2 nitrogen and oxygen atoms in total. The number of allylic oxidation sites excluding steroid dienone is 2. The Bertz CT molecular complexity index is 182. The fourth-order valence-electron chi connectivity index (χ4n) is 0.958. The molecule has 0 saturated carbocycles. The highest BCUT2D eigenvalue weighted by Crippen LogP contribution is 2.07. The fraction of sp³-hybridized carbons (Fsp3) is 0.375. The molecule has 0 radical (unpaired) electrons. The molecule has 1 aliphatic rings. The Morgan fingerprint density at radius 3 is 3.00 bits per heavy atom. The molecule has 1 saturated heterocycles. The zero-order valence-corrected chi connectivity index (χ0v) is 5.89. The van der Waals surface area contributed by atoms with Crippen LogP contribution in [0.1, 0.15) is 12.8 Å². The van der Waals surface area contributed by atoms with Gasteiger partial charge in [-0.2, -0.15) is 0 Å². The molecule has 0 unspecified atom stereocenters. The van der Waals surface area contributed by atoms with Gasteiger partial charge in [-0.1, -0.05) is 12.2 Å². The van der Waals surface area contributed by atoms with Gasteiger partial charge in [0.2, 0.25) is 5.91 Å². The lowest BCUT2D eigenvalue weighted by Gasteiger charge is -1.88. The van der Waals surface area contributed by atoms with E-state index in [1.54, 1.807) is 6.08 Å². The van der Waals surface area contributed by atoms with Crippen LogP contribution in [-0.4, -0.2) is 12.5 Å². The van der Waals surface area contributed by atoms with Crippen LogP contribution < -0.4 is 5.32 Å². The maximum absolute atomic E-state index is 10.9. The summed E-state index contributed by atoms with van der Waals surface area (Å²) in [5.74, 6) is 0.0850. The van der Waals surface area contributed by atoms with Crippen LogP contribution in [0.15, 0.2) is 24.3 Å². The van der Waals surface area contributed by atoms with Gasteiger partial charge in [-0.15, -0.1) is 6.58 Å². The summed E-state index contributed by atoms with van der Waals surface area (Å²) in [5.41, 5.74) is 0.903. The Hall–Kier alpha value is -1.05. The minimum Gasteiger partial charge on any atom is -0.352 e. The Labute approximate surface area is 60.6 Å². The Morgan fingerprint density at radius 1 is 1.70 bits per heavy atom. The third kappa shape index (κ3) is 1.47. The van der Waals surface area contributed by atoms with Crippen LogP contribution in [0.25, 0.3) is 0 Å². The summed E-state index contributed by atoms with van der Waals surface area (Å²) in [6, 6.07) is 0. The Kier molecular flexibility index (Phi) is 2.26. The standard InChI is InChI=1S/C8H11NO/c1-2-3-4-7-5-6-9-8(7)10/h2,4H,1,3,5-6H2,(H,9,10). The Morgan fingerprint density at radius 2 is 2.50 bits per heavy atom. The van der Waals surface area contributed by atoms with Gasteiger partial charge >= 0.3 is 0 Å². The zero-order chi connectivity index (χ0) is 7.40. The second kappa shape index (κ2) is 3.20. The van der Waals surface area contributed by atoms with Crippen LogP contribution in [0, 0.1) is 0 Å². The van der Waals surface area contributed by atoms with Crippen molar-refractivity contribution in [1.29, 1.82) is 0 Å². The lowest BCUT2D eigenvalue weighted by molar-refractivity contribution is -0.116. The number of nitrogens with one attached hydrogen (secondary N) is 1. The number of rotatable bonds is 2. The number of hydrogen-bond acceptors (Lipinski definition) is 1. The SMILES string of the molecule is C=CCC=C1CCNC1=O. The summed E-state index contributed by atoms with van der Waals surface area (Å²) in [6.45, 7) is 4.36. The molecule has 1 aliphatic heterocycles. The monoisotopic (exact) mass is 137 g/mol. The Balaban J connectivity index is 2.53. The molecule has 1 rings (SSSR count). The highest BCUT2D eigenvalue weighted by Gasteiger charge is 2.14. The largest absolute Gasteiger partial charge is 0.352 e. The molecular formula is C8H11NO. The molecule has 1 N–H and O–H groups in total. The van der Waals surface area contributed by atoms with Gasteiger partial charge in [0.15, 0.2) is 0 Å². The van der Waals surface area contributed by atoms with E-state index < -0.39 is 0 Å². The van der Waals surface area contributed by atoms with Gasteiger partial charge in [0.05, 0.1) is 0 Å². The lowest BCUT2D eigenvalue weighted by Crippen LogP contribution is -2.13. The summed E-state index contributed by atoms with van der Waals surface area (Å²) >= 11 is 0. The van der Waals surface area contributed by atoms with E-state index >= 15 is 0 Å². The molecule has 2 heteroatoms. The first kappa shape index (κ1) is 7.06. The average Bonchev–Trinajstić information content (AvgIpc) is 2.31. The molecule has 0 aromatic carbocycles. The molecule has 0 aromatic rings. The zero-order valence-electron chi connectivity index (χ0n) is 5.89. The van der Waals surface area contributed by atoms with Gasteiger partial charge in [-0.3, -0.25) is 4.79 Å². The molecule has 54 valence electrons. The number of amides is 1. The predicted molar refractivity (Wildman–Crippen MR) is 40.5 cm³/mol. The summed E-state index contributed by atoms with van der Waals surface area (Å²) in [7, 11) is 0. The minimum atomic E-state index is 0.0850. The van der Waals surface area contributed by atoms with E-state index in [2.05, 4.69) is 11.9 Å². The van der Waals surface area contributed by atoms with Crippen molar-refractivity contribution in [2.45, 2.75) is 12.8 Å². The highest BCUT2D eigenvalue weighted by atomic mass is 16.1. The summed E-state index contributed by atoms with van der Waals surface area (Å²) in [6.07, 6.45) is 5.38. The van der Waals surface area contributed by atoms with Gasteiger partial charge < -0.3 is 5.32 Å². The van der Waals surface area contributed by atoms with E-state index in [-0.39, 0.29) is 5.91 Å². The van der Waals surface area contributed by atoms with Crippen molar-refractivity contribution in [3.05, 3.63) is 24.3 Å². The summed E-state index contributed by atoms with van der Waals surface area (Å²) in [5, 5.41) is 2.74. The topological polar surface area (TPSA) is 29.1 Å². The van der Waals surface area contributed by atoms with Crippen LogP contribution in [0.3, 0.4) is 0 Å². The van der Waals surface area contributed by atoms with Crippen molar-refractivity contribution in [3.8, 4) is 0 Å². The second-order valence-corrected chi connectivity index (χ2v) is 2.26. The molecule has 1 heterocycles. The highest BCUT2D eigenvalue weighted by molar-refractivity contribution is 5.95. The third-order valence-corrected chi connectivity index (χ3v) is 1.50. The molecule has 0 bridgehead atoms. The van der Waals surface area contributed by atoms with Crippen molar-refractivity contribution in [1.82, 2.24) is 5.32 Å². The van der Waals surface area contributed by atoms with E-state index in [0.717, 1.165) is 25.0 Å². The molecule has 0 aromatic heterocycles. The summed E-state index contributed by atoms with van der Waals surface area (Å²) < 4.78 is 0. The quantitative estimate of drug-likeness (QED) is 0.446. The molecule has 0 aliphatic carbocycles. The van der Waals surface area contributed by atoms with Gasteiger partial charge in [0, 0.05) is 12.1 Å². The van der Waals surface area contributed by atoms with Crippen molar-refractivity contribution >= 4 is 5.91 Å². The van der Waals surface area contributed by atoms with Crippen molar-refractivity contribution in [2.24, 2.45) is 0 Å². The van der Waals surface area contributed by atoms with Gasteiger partial charge in [-0.25, -0.2) is 0 Å². The van der Waals surface area contributed by atoms with E-state index in [4.69, 9.17) is 0 Å². The second-order valence-electron chi connectivity index (χ2n) is 2.26. The van der Waals surface area contributed by atoms with E-state index in [9.17, 15) is 4.79 Å². The fourth-order valence-corrected chi connectivity index (χ4v) is 0.958. The van der Waals surface area contributed by atoms with Crippen LogP contribution >= 0.6 is 0 Å². The lowest BCUT2D eigenvalue weighted by atomic mass is 10.2. The minimum absolute atomic E-state index is 0.0850. The molecular weight excluding hydrogens is 126 g/mol. The molecule has 0 spiro atoms. The molecule has 0 atom stereocenters. The smallest absolute Gasteiger partial charge is 0.246 e. The van der Waals surface area contributed by atoms with E-state index in [0.29, 0.717) is 0 Å². The number of carbonyl (C=O) groups excluding carboxylic acids is 1. The van der Waals surface area contributed by atoms with Crippen LogP contribution in [-0.2, 0) is 4.79 Å². The van der Waals surface area contributed by atoms with Crippen LogP contribution in [0.2, 0.25) is 0 Å². The van der Waals surface area contributed by atoms with Gasteiger partial charge in [-0.05, 0) is 12.8 Å². The van der Waals surface area contributed by atoms with E-state index in [1.165, 1.54) is 0 Å². The first-order chi connectivity index (χ1) is 4.84. The van der Waals surface area contributed by atoms with Gasteiger partial charge in [0.1, 0.15) is 0 Å². The molecule has 1 fully saturated rings. The maximum atomic E-state index is 10.9. The maximum Gasteiger partial charge on any atom is 0.246 e.